The van der Waals surface area contributed by atoms with E-state index in [0.717, 1.165) is 5.56 Å². The van der Waals surface area contributed by atoms with E-state index in [-0.39, 0.29) is 11.6 Å². The molecule has 29 heavy (non-hydrogen) atoms. The number of carbonyl (C=O) groups is 3. The molecule has 4 amide bonds. The molecule has 0 aliphatic rings. The molecule has 0 atom stereocenters. The summed E-state index contributed by atoms with van der Waals surface area (Å²) in [5, 5.41) is 8.09. The van der Waals surface area contributed by atoms with Gasteiger partial charge >= 0.3 is 6.03 Å². The molecule has 0 fully saturated rings. The van der Waals surface area contributed by atoms with Crippen molar-refractivity contribution in [3.63, 3.8) is 0 Å². The Morgan fingerprint density at radius 1 is 0.759 bits per heavy atom. The van der Waals surface area contributed by atoms with Gasteiger partial charge in [0.2, 0.25) is 0 Å². The molecule has 0 spiro atoms. The van der Waals surface area contributed by atoms with Gasteiger partial charge in [0.1, 0.15) is 0 Å². The zero-order valence-electron chi connectivity index (χ0n) is 15.7. The molecule has 0 heterocycles. The number of nitrogens with two attached hydrogens (primary N) is 1. The number of hydrogen-bond acceptors (Lipinski definition) is 3. The van der Waals surface area contributed by atoms with Crippen LogP contribution in [0.3, 0.4) is 0 Å². The van der Waals surface area contributed by atoms with Crippen LogP contribution in [0.15, 0.2) is 72.8 Å². The Morgan fingerprint density at radius 3 is 2.00 bits per heavy atom. The molecule has 0 saturated carbocycles. The molecule has 0 aliphatic heterocycles. The molecule has 0 bridgehead atoms. The average Bonchev–Trinajstić information content (AvgIpc) is 2.70. The second kappa shape index (κ2) is 8.71. The number of nitrogens with one attached hydrogen (secondary N) is 3. The molecule has 146 valence electrons. The summed E-state index contributed by atoms with van der Waals surface area (Å²) in [6.45, 7) is 1.83. The third kappa shape index (κ3) is 5.20. The third-order valence-electron chi connectivity index (χ3n) is 4.13. The number of carbonyl (C=O) groups excluding carboxylic acids is 3. The summed E-state index contributed by atoms with van der Waals surface area (Å²) >= 11 is 0. The van der Waals surface area contributed by atoms with Gasteiger partial charge in [0.05, 0.1) is 11.3 Å². The summed E-state index contributed by atoms with van der Waals surface area (Å²) in [6, 6.07) is 20.1. The highest BCUT2D eigenvalue weighted by Gasteiger charge is 2.13. The number of benzene rings is 3. The SMILES string of the molecule is Cc1ccc(NC(=O)c2ccc(NC(=O)Nc3ccccc3)cc2)c(C(N)=O)c1. The van der Waals surface area contributed by atoms with Crippen LogP contribution in [0.1, 0.15) is 26.3 Å². The zero-order valence-corrected chi connectivity index (χ0v) is 15.7. The van der Waals surface area contributed by atoms with E-state index >= 15 is 0 Å². The molecule has 0 aromatic heterocycles. The molecular formula is C22H20N4O3. The third-order valence-corrected chi connectivity index (χ3v) is 4.13. The van der Waals surface area contributed by atoms with Crippen LogP contribution in [0.2, 0.25) is 0 Å². The largest absolute Gasteiger partial charge is 0.366 e. The number of primary amides is 1. The van der Waals surface area contributed by atoms with Gasteiger partial charge in [0.15, 0.2) is 0 Å². The van der Waals surface area contributed by atoms with Gasteiger partial charge in [-0.05, 0) is 55.5 Å². The fourth-order valence-electron chi connectivity index (χ4n) is 2.69. The van der Waals surface area contributed by atoms with Gasteiger partial charge in [-0.2, -0.15) is 0 Å². The van der Waals surface area contributed by atoms with E-state index in [1.54, 1.807) is 54.6 Å². The Balaban J connectivity index is 1.65. The second-order valence-corrected chi connectivity index (χ2v) is 6.39. The highest BCUT2D eigenvalue weighted by atomic mass is 16.2. The van der Waals surface area contributed by atoms with E-state index < -0.39 is 11.8 Å². The van der Waals surface area contributed by atoms with Gasteiger partial charge < -0.3 is 21.7 Å². The maximum Gasteiger partial charge on any atom is 0.323 e. The quantitative estimate of drug-likeness (QED) is 0.530. The van der Waals surface area contributed by atoms with Crippen molar-refractivity contribution in [2.75, 3.05) is 16.0 Å². The Bertz CT molecular complexity index is 1050. The maximum atomic E-state index is 12.5. The van der Waals surface area contributed by atoms with Crippen molar-refractivity contribution < 1.29 is 14.4 Å². The van der Waals surface area contributed by atoms with Crippen molar-refractivity contribution in [2.45, 2.75) is 6.92 Å². The smallest absolute Gasteiger partial charge is 0.323 e. The van der Waals surface area contributed by atoms with Crippen LogP contribution in [-0.2, 0) is 0 Å². The topological polar surface area (TPSA) is 113 Å². The van der Waals surface area contributed by atoms with Gasteiger partial charge in [-0.15, -0.1) is 0 Å². The van der Waals surface area contributed by atoms with Crippen LogP contribution < -0.4 is 21.7 Å². The van der Waals surface area contributed by atoms with E-state index in [2.05, 4.69) is 16.0 Å². The second-order valence-electron chi connectivity index (χ2n) is 6.39. The lowest BCUT2D eigenvalue weighted by molar-refractivity contribution is 0.100. The summed E-state index contributed by atoms with van der Waals surface area (Å²) in [7, 11) is 0. The molecule has 0 radical (unpaired) electrons. The monoisotopic (exact) mass is 388 g/mol. The summed E-state index contributed by atoms with van der Waals surface area (Å²) in [5.74, 6) is -1.01. The number of para-hydroxylation sites is 1. The molecule has 7 nitrogen and oxygen atoms in total. The van der Waals surface area contributed by atoms with Gasteiger partial charge in [-0.1, -0.05) is 29.8 Å². The number of anilines is 3. The number of aryl methyl sites for hydroxylation is 1. The van der Waals surface area contributed by atoms with Crippen LogP contribution >= 0.6 is 0 Å². The first-order valence-electron chi connectivity index (χ1n) is 8.87. The number of hydrogen-bond donors (Lipinski definition) is 4. The van der Waals surface area contributed by atoms with E-state index in [9.17, 15) is 14.4 Å². The number of amides is 4. The highest BCUT2D eigenvalue weighted by Crippen LogP contribution is 2.19. The standard InChI is InChI=1S/C22H20N4O3/c1-14-7-12-19(18(13-14)20(23)27)26-21(28)15-8-10-17(11-9-15)25-22(29)24-16-5-3-2-4-6-16/h2-13H,1H3,(H2,23,27)(H,26,28)(H2,24,25,29). The van der Waals surface area contributed by atoms with Crippen molar-refractivity contribution >= 4 is 34.9 Å². The Kier molecular flexibility index (Phi) is 5.89. The Hall–Kier alpha value is -4.13. The Morgan fingerprint density at radius 2 is 1.38 bits per heavy atom. The van der Waals surface area contributed by atoms with Crippen molar-refractivity contribution in [1.82, 2.24) is 0 Å². The normalized spacial score (nSPS) is 10.1. The maximum absolute atomic E-state index is 12.5. The molecule has 3 aromatic carbocycles. The molecule has 0 saturated heterocycles. The molecule has 5 N–H and O–H groups in total. The van der Waals surface area contributed by atoms with Crippen LogP contribution in [0.4, 0.5) is 21.9 Å². The lowest BCUT2D eigenvalue weighted by Gasteiger charge is -2.11. The molecule has 3 rings (SSSR count). The molecular weight excluding hydrogens is 368 g/mol. The van der Waals surface area contributed by atoms with E-state index in [1.807, 2.05) is 25.1 Å². The van der Waals surface area contributed by atoms with Gasteiger partial charge in [0.25, 0.3) is 11.8 Å². The molecule has 0 aliphatic carbocycles. The first-order valence-corrected chi connectivity index (χ1v) is 8.87. The van der Waals surface area contributed by atoms with Crippen LogP contribution in [0, 0.1) is 6.92 Å². The first kappa shape index (κ1) is 19.6. The van der Waals surface area contributed by atoms with Crippen molar-refractivity contribution in [3.8, 4) is 0 Å². The number of urea groups is 1. The highest BCUT2D eigenvalue weighted by molar-refractivity contribution is 6.09. The van der Waals surface area contributed by atoms with Crippen LogP contribution in [0.25, 0.3) is 0 Å². The van der Waals surface area contributed by atoms with Crippen molar-refractivity contribution in [1.29, 1.82) is 0 Å². The van der Waals surface area contributed by atoms with E-state index in [4.69, 9.17) is 5.73 Å². The number of rotatable bonds is 5. The van der Waals surface area contributed by atoms with Crippen molar-refractivity contribution in [3.05, 3.63) is 89.5 Å². The average molecular weight is 388 g/mol. The van der Waals surface area contributed by atoms with Gasteiger partial charge in [-0.25, -0.2) is 4.79 Å². The lowest BCUT2D eigenvalue weighted by atomic mass is 10.1. The van der Waals surface area contributed by atoms with Crippen LogP contribution in [-0.4, -0.2) is 17.8 Å². The van der Waals surface area contributed by atoms with Crippen molar-refractivity contribution in [2.24, 2.45) is 5.73 Å². The summed E-state index contributed by atoms with van der Waals surface area (Å²) in [4.78, 5) is 36.1. The van der Waals surface area contributed by atoms with E-state index in [0.29, 0.717) is 22.6 Å². The fraction of sp³-hybridized carbons (Fsp3) is 0.0455. The lowest BCUT2D eigenvalue weighted by Crippen LogP contribution is -2.20. The Labute approximate surface area is 167 Å². The fourth-order valence-corrected chi connectivity index (χ4v) is 2.69. The molecule has 3 aromatic rings. The minimum Gasteiger partial charge on any atom is -0.366 e. The van der Waals surface area contributed by atoms with Crippen LogP contribution in [0.5, 0.6) is 0 Å². The minimum atomic E-state index is -0.618. The predicted molar refractivity (Wildman–Crippen MR) is 113 cm³/mol. The predicted octanol–water partition coefficient (Wildman–Crippen LogP) is 3.99. The first-order chi connectivity index (χ1) is 13.9. The summed E-state index contributed by atoms with van der Waals surface area (Å²) < 4.78 is 0. The summed E-state index contributed by atoms with van der Waals surface area (Å²) in [6.07, 6.45) is 0. The van der Waals surface area contributed by atoms with Gasteiger partial charge in [0, 0.05) is 16.9 Å². The van der Waals surface area contributed by atoms with E-state index in [1.165, 1.54) is 0 Å². The molecule has 0 unspecified atom stereocenters. The zero-order chi connectivity index (χ0) is 20.8. The molecule has 7 heteroatoms. The van der Waals surface area contributed by atoms with Gasteiger partial charge in [-0.3, -0.25) is 9.59 Å². The minimum absolute atomic E-state index is 0.245. The summed E-state index contributed by atoms with van der Waals surface area (Å²) in [5.41, 5.74) is 8.41.